The van der Waals surface area contributed by atoms with E-state index in [9.17, 15) is 0 Å². The van der Waals surface area contributed by atoms with E-state index in [1.807, 2.05) is 25.1 Å². The molecule has 0 aliphatic carbocycles. The van der Waals surface area contributed by atoms with E-state index in [-0.39, 0.29) is 6.61 Å². The summed E-state index contributed by atoms with van der Waals surface area (Å²) in [5, 5.41) is 13.5. The van der Waals surface area contributed by atoms with Gasteiger partial charge in [-0.3, -0.25) is 0 Å². The maximum Gasteiger partial charge on any atom is 0.134 e. The lowest BCUT2D eigenvalue weighted by atomic mass is 10.1. The summed E-state index contributed by atoms with van der Waals surface area (Å²) in [6.07, 6.45) is 0.845. The molecule has 1 aromatic carbocycles. The molecule has 0 aliphatic rings. The van der Waals surface area contributed by atoms with Crippen LogP contribution in [0, 0.1) is 12.8 Å². The molecule has 0 saturated heterocycles. The Morgan fingerprint density at radius 3 is 2.89 bits per heavy atom. The van der Waals surface area contributed by atoms with Crippen LogP contribution in [0.25, 0.3) is 11.0 Å². The Hall–Kier alpha value is -1.32. The maximum absolute atomic E-state index is 8.86. The molecular formula is C15H21NO2. The molecule has 2 aromatic rings. The molecule has 1 unspecified atom stereocenters. The molecule has 1 aromatic heterocycles. The number of benzene rings is 1. The van der Waals surface area contributed by atoms with Crippen LogP contribution in [0.2, 0.25) is 0 Å². The Morgan fingerprint density at radius 1 is 1.33 bits per heavy atom. The zero-order chi connectivity index (χ0) is 13.0. The second kappa shape index (κ2) is 6.03. The van der Waals surface area contributed by atoms with Crippen molar-refractivity contribution in [3.63, 3.8) is 0 Å². The van der Waals surface area contributed by atoms with E-state index in [0.29, 0.717) is 5.92 Å². The Morgan fingerprint density at radius 2 is 2.11 bits per heavy atom. The number of aryl methyl sites for hydroxylation is 1. The highest BCUT2D eigenvalue weighted by molar-refractivity contribution is 5.82. The summed E-state index contributed by atoms with van der Waals surface area (Å²) in [6, 6.07) is 8.13. The van der Waals surface area contributed by atoms with E-state index in [0.717, 1.165) is 30.9 Å². The molecule has 0 amide bonds. The standard InChI is InChI=1S/C15H21NO2/c1-11(7-8-17)9-16-10-14-12(2)18-15-6-4-3-5-13(14)15/h3-6,11,16-17H,7-10H2,1-2H3. The summed E-state index contributed by atoms with van der Waals surface area (Å²) in [5.41, 5.74) is 2.19. The van der Waals surface area contributed by atoms with Gasteiger partial charge in [0.15, 0.2) is 0 Å². The first-order chi connectivity index (χ1) is 8.72. The molecule has 1 atom stereocenters. The van der Waals surface area contributed by atoms with Crippen molar-refractivity contribution in [2.24, 2.45) is 5.92 Å². The third-order valence-electron chi connectivity index (χ3n) is 3.32. The number of furan rings is 1. The molecule has 0 spiro atoms. The third kappa shape index (κ3) is 2.92. The van der Waals surface area contributed by atoms with Crippen LogP contribution >= 0.6 is 0 Å². The van der Waals surface area contributed by atoms with Crippen molar-refractivity contribution in [3.8, 4) is 0 Å². The van der Waals surface area contributed by atoms with Crippen LogP contribution in [0.3, 0.4) is 0 Å². The van der Waals surface area contributed by atoms with Gasteiger partial charge in [-0.05, 0) is 31.9 Å². The van der Waals surface area contributed by atoms with E-state index >= 15 is 0 Å². The molecule has 3 heteroatoms. The average Bonchev–Trinajstić information content (AvgIpc) is 2.66. The molecule has 98 valence electrons. The number of fused-ring (bicyclic) bond motifs is 1. The van der Waals surface area contributed by atoms with E-state index < -0.39 is 0 Å². The van der Waals surface area contributed by atoms with Crippen molar-refractivity contribution in [2.45, 2.75) is 26.8 Å². The van der Waals surface area contributed by atoms with Crippen LogP contribution in [0.15, 0.2) is 28.7 Å². The average molecular weight is 247 g/mol. The fourth-order valence-corrected chi connectivity index (χ4v) is 2.21. The Kier molecular flexibility index (Phi) is 4.39. The molecule has 1 heterocycles. The summed E-state index contributed by atoms with van der Waals surface area (Å²) in [7, 11) is 0. The largest absolute Gasteiger partial charge is 0.461 e. The van der Waals surface area contributed by atoms with Gasteiger partial charge in [0.2, 0.25) is 0 Å². The highest BCUT2D eigenvalue weighted by Gasteiger charge is 2.10. The SMILES string of the molecule is Cc1oc2ccccc2c1CNCC(C)CCO. The summed E-state index contributed by atoms with van der Waals surface area (Å²) in [5.74, 6) is 1.48. The molecule has 0 bridgehead atoms. The van der Waals surface area contributed by atoms with Gasteiger partial charge in [-0.2, -0.15) is 0 Å². The smallest absolute Gasteiger partial charge is 0.134 e. The van der Waals surface area contributed by atoms with Crippen molar-refractivity contribution in [2.75, 3.05) is 13.2 Å². The van der Waals surface area contributed by atoms with Gasteiger partial charge in [0.05, 0.1) is 0 Å². The summed E-state index contributed by atoms with van der Waals surface area (Å²) in [6.45, 7) is 6.15. The van der Waals surface area contributed by atoms with Gasteiger partial charge < -0.3 is 14.8 Å². The number of rotatable bonds is 6. The lowest BCUT2D eigenvalue weighted by Crippen LogP contribution is -2.21. The minimum absolute atomic E-state index is 0.260. The predicted molar refractivity (Wildman–Crippen MR) is 73.5 cm³/mol. The fourth-order valence-electron chi connectivity index (χ4n) is 2.21. The van der Waals surface area contributed by atoms with Crippen molar-refractivity contribution in [3.05, 3.63) is 35.6 Å². The van der Waals surface area contributed by atoms with Gasteiger partial charge in [-0.15, -0.1) is 0 Å². The summed E-state index contributed by atoms with van der Waals surface area (Å²) in [4.78, 5) is 0. The second-order valence-electron chi connectivity index (χ2n) is 4.88. The summed E-state index contributed by atoms with van der Waals surface area (Å²) < 4.78 is 5.72. The Bertz CT molecular complexity index is 504. The first kappa shape index (κ1) is 13.1. The third-order valence-corrected chi connectivity index (χ3v) is 3.32. The van der Waals surface area contributed by atoms with Crippen LogP contribution in [0.5, 0.6) is 0 Å². The number of aliphatic hydroxyl groups is 1. The lowest BCUT2D eigenvalue weighted by molar-refractivity contribution is 0.260. The number of hydrogen-bond donors (Lipinski definition) is 2. The minimum Gasteiger partial charge on any atom is -0.461 e. The highest BCUT2D eigenvalue weighted by Crippen LogP contribution is 2.24. The number of para-hydroxylation sites is 1. The predicted octanol–water partition coefficient (Wildman–Crippen LogP) is 2.85. The lowest BCUT2D eigenvalue weighted by Gasteiger charge is -2.10. The zero-order valence-electron chi connectivity index (χ0n) is 11.1. The Labute approximate surface area is 108 Å². The van der Waals surface area contributed by atoms with Crippen molar-refractivity contribution < 1.29 is 9.52 Å². The van der Waals surface area contributed by atoms with E-state index in [1.54, 1.807) is 0 Å². The van der Waals surface area contributed by atoms with E-state index in [2.05, 4.69) is 18.3 Å². The number of nitrogens with one attached hydrogen (secondary N) is 1. The van der Waals surface area contributed by atoms with Crippen molar-refractivity contribution in [1.29, 1.82) is 0 Å². The van der Waals surface area contributed by atoms with Gasteiger partial charge in [-0.25, -0.2) is 0 Å². The highest BCUT2D eigenvalue weighted by atomic mass is 16.3. The molecule has 0 fully saturated rings. The van der Waals surface area contributed by atoms with Crippen LogP contribution < -0.4 is 5.32 Å². The second-order valence-corrected chi connectivity index (χ2v) is 4.88. The van der Waals surface area contributed by atoms with Gasteiger partial charge in [0.1, 0.15) is 11.3 Å². The van der Waals surface area contributed by atoms with Gasteiger partial charge in [-0.1, -0.05) is 25.1 Å². The van der Waals surface area contributed by atoms with Crippen molar-refractivity contribution >= 4 is 11.0 Å². The molecule has 18 heavy (non-hydrogen) atoms. The molecule has 0 aliphatic heterocycles. The monoisotopic (exact) mass is 247 g/mol. The van der Waals surface area contributed by atoms with Crippen LogP contribution in [0.1, 0.15) is 24.7 Å². The zero-order valence-corrected chi connectivity index (χ0v) is 11.1. The number of hydrogen-bond acceptors (Lipinski definition) is 3. The summed E-state index contributed by atoms with van der Waals surface area (Å²) >= 11 is 0. The quantitative estimate of drug-likeness (QED) is 0.825. The topological polar surface area (TPSA) is 45.4 Å². The number of aliphatic hydroxyl groups excluding tert-OH is 1. The van der Waals surface area contributed by atoms with Crippen LogP contribution in [-0.4, -0.2) is 18.3 Å². The fraction of sp³-hybridized carbons (Fsp3) is 0.467. The van der Waals surface area contributed by atoms with Gasteiger partial charge >= 0.3 is 0 Å². The van der Waals surface area contributed by atoms with Crippen LogP contribution in [0.4, 0.5) is 0 Å². The molecule has 0 radical (unpaired) electrons. The Balaban J connectivity index is 2.01. The minimum atomic E-state index is 0.260. The van der Waals surface area contributed by atoms with E-state index in [4.69, 9.17) is 9.52 Å². The first-order valence-electron chi connectivity index (χ1n) is 6.51. The molecular weight excluding hydrogens is 226 g/mol. The van der Waals surface area contributed by atoms with Crippen LogP contribution in [-0.2, 0) is 6.54 Å². The molecule has 0 saturated carbocycles. The molecule has 2 rings (SSSR count). The van der Waals surface area contributed by atoms with Gasteiger partial charge in [0.25, 0.3) is 0 Å². The molecule has 2 N–H and O–H groups in total. The maximum atomic E-state index is 8.86. The van der Waals surface area contributed by atoms with Crippen molar-refractivity contribution in [1.82, 2.24) is 5.32 Å². The van der Waals surface area contributed by atoms with Gasteiger partial charge in [0, 0.05) is 24.1 Å². The normalized spacial score (nSPS) is 13.1. The first-order valence-corrected chi connectivity index (χ1v) is 6.51. The van der Waals surface area contributed by atoms with E-state index in [1.165, 1.54) is 10.9 Å². The molecule has 3 nitrogen and oxygen atoms in total.